The number of aliphatic hydroxyl groups excluding tert-OH is 1. The van der Waals surface area contributed by atoms with Gasteiger partial charge in [0.1, 0.15) is 24.1 Å². The summed E-state index contributed by atoms with van der Waals surface area (Å²) >= 11 is 0. The maximum absolute atomic E-state index is 13.1. The Balaban J connectivity index is 1.55. The second kappa shape index (κ2) is 17.1. The summed E-state index contributed by atoms with van der Waals surface area (Å²) in [5, 5.41) is 18.0. The van der Waals surface area contributed by atoms with Gasteiger partial charge in [-0.05, 0) is 60.2 Å². The Morgan fingerprint density at radius 3 is 2.15 bits per heavy atom. The van der Waals surface area contributed by atoms with E-state index < -0.39 is 53.6 Å². The van der Waals surface area contributed by atoms with E-state index in [1.54, 1.807) is 31.2 Å². The Morgan fingerprint density at radius 2 is 1.51 bits per heavy atom. The SMILES string of the molecule is CCC(NC(=O)[C@H](CC(C)C)NC(=O)OCc1ccccc1)C(=O)C(=O)NCC(O)c1cccc(Oc2cccc(C(F)(F)F)c2)c1. The molecular weight excluding hydrogens is 619 g/mol. The summed E-state index contributed by atoms with van der Waals surface area (Å²) in [5.41, 5.74) is 0.147. The van der Waals surface area contributed by atoms with Gasteiger partial charge in [0.05, 0.1) is 17.7 Å². The van der Waals surface area contributed by atoms with Crippen LogP contribution in [-0.4, -0.2) is 47.4 Å². The van der Waals surface area contributed by atoms with Crippen LogP contribution in [0.4, 0.5) is 18.0 Å². The lowest BCUT2D eigenvalue weighted by atomic mass is 10.0. The van der Waals surface area contributed by atoms with Gasteiger partial charge >= 0.3 is 12.3 Å². The van der Waals surface area contributed by atoms with E-state index in [9.17, 15) is 37.5 Å². The first-order valence-electron chi connectivity index (χ1n) is 15.0. The molecule has 13 heteroatoms. The van der Waals surface area contributed by atoms with Crippen LogP contribution in [0.15, 0.2) is 78.9 Å². The van der Waals surface area contributed by atoms with Crippen LogP contribution in [0.5, 0.6) is 11.5 Å². The lowest BCUT2D eigenvalue weighted by Gasteiger charge is -2.23. The van der Waals surface area contributed by atoms with E-state index in [1.807, 2.05) is 19.9 Å². The average molecular weight is 658 g/mol. The third-order valence-corrected chi connectivity index (χ3v) is 6.89. The summed E-state index contributed by atoms with van der Waals surface area (Å²) in [5.74, 6) is -2.60. The number of carbonyl (C=O) groups is 4. The number of rotatable bonds is 15. The Hall–Kier alpha value is -4.91. The average Bonchev–Trinajstić information content (AvgIpc) is 3.04. The highest BCUT2D eigenvalue weighted by Crippen LogP contribution is 2.33. The van der Waals surface area contributed by atoms with Crippen molar-refractivity contribution in [1.82, 2.24) is 16.0 Å². The molecule has 0 saturated heterocycles. The van der Waals surface area contributed by atoms with Crippen LogP contribution >= 0.6 is 0 Å². The number of ether oxygens (including phenoxy) is 2. The molecule has 0 aromatic heterocycles. The van der Waals surface area contributed by atoms with Crippen LogP contribution < -0.4 is 20.7 Å². The van der Waals surface area contributed by atoms with Gasteiger partial charge in [0.2, 0.25) is 11.7 Å². The van der Waals surface area contributed by atoms with Crippen LogP contribution in [-0.2, 0) is 31.9 Å². The third-order valence-electron chi connectivity index (χ3n) is 6.89. The van der Waals surface area contributed by atoms with Crippen molar-refractivity contribution < 1.29 is 46.9 Å². The van der Waals surface area contributed by atoms with Crippen LogP contribution in [0.2, 0.25) is 0 Å². The summed E-state index contributed by atoms with van der Waals surface area (Å²) < 4.78 is 49.8. The smallest absolute Gasteiger partial charge is 0.416 e. The van der Waals surface area contributed by atoms with Gasteiger partial charge < -0.3 is 30.5 Å². The third kappa shape index (κ3) is 11.8. The molecule has 0 aliphatic rings. The number of halogens is 3. The number of amides is 3. The number of carbonyl (C=O) groups excluding carboxylic acids is 4. The predicted molar refractivity (Wildman–Crippen MR) is 166 cm³/mol. The van der Waals surface area contributed by atoms with Crippen molar-refractivity contribution >= 4 is 23.7 Å². The number of nitrogens with one attached hydrogen (secondary N) is 3. The van der Waals surface area contributed by atoms with Gasteiger partial charge in [0, 0.05) is 6.54 Å². The molecule has 47 heavy (non-hydrogen) atoms. The second-order valence-corrected chi connectivity index (χ2v) is 11.1. The number of hydrogen-bond acceptors (Lipinski definition) is 7. The fourth-order valence-corrected chi connectivity index (χ4v) is 4.45. The fraction of sp³-hybridized carbons (Fsp3) is 0.353. The van der Waals surface area contributed by atoms with E-state index in [-0.39, 0.29) is 49.0 Å². The summed E-state index contributed by atoms with van der Waals surface area (Å²) in [6.45, 7) is 4.92. The van der Waals surface area contributed by atoms with Gasteiger partial charge in [0.25, 0.3) is 5.91 Å². The minimum Gasteiger partial charge on any atom is -0.457 e. The van der Waals surface area contributed by atoms with Crippen molar-refractivity contribution in [1.29, 1.82) is 0 Å². The Labute approximate surface area is 270 Å². The first-order valence-corrected chi connectivity index (χ1v) is 15.0. The molecule has 10 nitrogen and oxygen atoms in total. The highest BCUT2D eigenvalue weighted by atomic mass is 19.4. The van der Waals surface area contributed by atoms with Gasteiger partial charge in [0.15, 0.2) is 0 Å². The highest BCUT2D eigenvalue weighted by molar-refractivity contribution is 6.38. The maximum Gasteiger partial charge on any atom is 0.416 e. The molecule has 3 aromatic rings. The van der Waals surface area contributed by atoms with E-state index in [2.05, 4.69) is 16.0 Å². The zero-order valence-electron chi connectivity index (χ0n) is 26.2. The van der Waals surface area contributed by atoms with Crippen LogP contribution in [0.25, 0.3) is 0 Å². The number of alkyl carbamates (subject to hydrolysis) is 1. The van der Waals surface area contributed by atoms with Crippen molar-refractivity contribution in [2.75, 3.05) is 6.54 Å². The van der Waals surface area contributed by atoms with Crippen molar-refractivity contribution in [3.05, 3.63) is 95.6 Å². The predicted octanol–water partition coefficient (Wildman–Crippen LogP) is 5.45. The maximum atomic E-state index is 13.1. The largest absolute Gasteiger partial charge is 0.457 e. The Bertz CT molecular complexity index is 1520. The van der Waals surface area contributed by atoms with E-state index >= 15 is 0 Å². The highest BCUT2D eigenvalue weighted by Gasteiger charge is 2.31. The number of aliphatic hydroxyl groups is 1. The molecule has 4 N–H and O–H groups in total. The first-order chi connectivity index (χ1) is 22.3. The molecule has 0 bridgehead atoms. The normalized spacial score (nSPS) is 13.2. The van der Waals surface area contributed by atoms with Gasteiger partial charge in [-0.3, -0.25) is 14.4 Å². The Kier molecular flexibility index (Phi) is 13.3. The number of hydrogen-bond donors (Lipinski definition) is 4. The summed E-state index contributed by atoms with van der Waals surface area (Å²) in [4.78, 5) is 51.1. The molecule has 0 spiro atoms. The summed E-state index contributed by atoms with van der Waals surface area (Å²) in [6, 6.07) is 17.0. The molecule has 0 heterocycles. The van der Waals surface area contributed by atoms with E-state index in [4.69, 9.17) is 9.47 Å². The molecule has 0 aliphatic carbocycles. The number of Topliss-reactive ketones (excluding diaryl/α,β-unsaturated/α-hetero) is 1. The van der Waals surface area contributed by atoms with Crippen molar-refractivity contribution in [3.8, 4) is 11.5 Å². The molecular formula is C34H38F3N3O7. The number of ketones is 1. The quantitative estimate of drug-likeness (QED) is 0.159. The van der Waals surface area contributed by atoms with Gasteiger partial charge in [-0.1, -0.05) is 69.3 Å². The van der Waals surface area contributed by atoms with Crippen molar-refractivity contribution in [2.45, 2.75) is 64.6 Å². The number of alkyl halides is 3. The molecule has 3 amide bonds. The minimum atomic E-state index is -4.55. The zero-order chi connectivity index (χ0) is 34.6. The van der Waals surface area contributed by atoms with Crippen LogP contribution in [0.3, 0.4) is 0 Å². The van der Waals surface area contributed by atoms with E-state index in [1.165, 1.54) is 36.4 Å². The second-order valence-electron chi connectivity index (χ2n) is 11.1. The molecule has 0 fully saturated rings. The van der Waals surface area contributed by atoms with Crippen molar-refractivity contribution in [2.24, 2.45) is 5.92 Å². The lowest BCUT2D eigenvalue weighted by Crippen LogP contribution is -2.54. The van der Waals surface area contributed by atoms with Gasteiger partial charge in [-0.2, -0.15) is 13.2 Å². The fourth-order valence-electron chi connectivity index (χ4n) is 4.45. The summed E-state index contributed by atoms with van der Waals surface area (Å²) in [6.07, 6.45) is -6.34. The molecule has 0 aliphatic heterocycles. The molecule has 0 radical (unpaired) electrons. The Morgan fingerprint density at radius 1 is 0.851 bits per heavy atom. The molecule has 3 aromatic carbocycles. The van der Waals surface area contributed by atoms with Gasteiger partial charge in [-0.15, -0.1) is 0 Å². The molecule has 2 unspecified atom stereocenters. The molecule has 3 atom stereocenters. The van der Waals surface area contributed by atoms with Crippen LogP contribution in [0, 0.1) is 5.92 Å². The van der Waals surface area contributed by atoms with E-state index in [0.29, 0.717) is 0 Å². The van der Waals surface area contributed by atoms with E-state index in [0.717, 1.165) is 17.7 Å². The van der Waals surface area contributed by atoms with Crippen LogP contribution in [0.1, 0.15) is 56.4 Å². The van der Waals surface area contributed by atoms with Gasteiger partial charge in [-0.25, -0.2) is 4.79 Å². The zero-order valence-corrected chi connectivity index (χ0v) is 26.2. The molecule has 252 valence electrons. The monoisotopic (exact) mass is 657 g/mol. The minimum absolute atomic E-state index is 0.00205. The summed E-state index contributed by atoms with van der Waals surface area (Å²) in [7, 11) is 0. The first kappa shape index (κ1) is 36.6. The number of benzene rings is 3. The van der Waals surface area contributed by atoms with Crippen molar-refractivity contribution in [3.63, 3.8) is 0 Å². The topological polar surface area (TPSA) is 143 Å². The molecule has 3 rings (SSSR count). The standard InChI is InChI=1S/C34H38F3N3O7/c1-4-27(39-31(43)28(16-21(2)3)40-33(45)46-20-22-10-6-5-7-11-22)30(42)32(44)38-19-29(41)23-12-8-14-25(17-23)47-26-15-9-13-24(18-26)34(35,36)37/h5-15,17-18,21,27-29,41H,4,16,19-20H2,1-3H3,(H,38,44)(H,39,43)(H,40,45)/t27?,28-,29?/m0/s1. The molecule has 0 saturated carbocycles. The lowest BCUT2D eigenvalue weighted by molar-refractivity contribution is -0.140.